The fourth-order valence-electron chi connectivity index (χ4n) is 4.20. The van der Waals surface area contributed by atoms with Crippen LogP contribution in [0.1, 0.15) is 0 Å². The third-order valence-electron chi connectivity index (χ3n) is 5.86. The average molecular weight is 444 g/mol. The molecule has 0 radical (unpaired) electrons. The van der Waals surface area contributed by atoms with Crippen molar-refractivity contribution in [1.82, 2.24) is 15.0 Å². The van der Waals surface area contributed by atoms with E-state index in [0.29, 0.717) is 11.6 Å². The van der Waals surface area contributed by atoms with E-state index in [1.165, 1.54) is 21.7 Å². The summed E-state index contributed by atoms with van der Waals surface area (Å²) in [5.41, 5.74) is 4.11. The molecule has 0 saturated heterocycles. The first-order chi connectivity index (χ1) is 16.2. The van der Waals surface area contributed by atoms with Gasteiger partial charge in [0.2, 0.25) is 5.28 Å². The molecule has 0 amide bonds. The molecule has 5 aromatic carbocycles. The third kappa shape index (κ3) is 3.73. The van der Waals surface area contributed by atoms with Crippen molar-refractivity contribution >= 4 is 33.1 Å². The second-order valence-electron chi connectivity index (χ2n) is 7.92. The maximum atomic E-state index is 6.31. The normalized spacial score (nSPS) is 11.2. The van der Waals surface area contributed by atoms with E-state index in [2.05, 4.69) is 82.8 Å². The van der Waals surface area contributed by atoms with Crippen molar-refractivity contribution in [3.05, 3.63) is 114 Å². The molecule has 4 heteroatoms. The van der Waals surface area contributed by atoms with Gasteiger partial charge >= 0.3 is 0 Å². The van der Waals surface area contributed by atoms with Crippen molar-refractivity contribution < 1.29 is 0 Å². The van der Waals surface area contributed by atoms with Gasteiger partial charge in [0.05, 0.1) is 0 Å². The summed E-state index contributed by atoms with van der Waals surface area (Å²) in [6.07, 6.45) is 0. The first-order valence-corrected chi connectivity index (χ1v) is 11.1. The molecule has 0 atom stereocenters. The Morgan fingerprint density at radius 2 is 1.00 bits per heavy atom. The van der Waals surface area contributed by atoms with E-state index in [1.54, 1.807) is 0 Å². The fraction of sp³-hybridized carbons (Fsp3) is 0. The summed E-state index contributed by atoms with van der Waals surface area (Å²) >= 11 is 6.31. The van der Waals surface area contributed by atoms with Gasteiger partial charge in [-0.25, -0.2) is 4.98 Å². The number of hydrogen-bond donors (Lipinski definition) is 0. The van der Waals surface area contributed by atoms with Crippen molar-refractivity contribution in [1.29, 1.82) is 0 Å². The zero-order valence-corrected chi connectivity index (χ0v) is 18.4. The van der Waals surface area contributed by atoms with Gasteiger partial charge in [0.1, 0.15) is 0 Å². The van der Waals surface area contributed by atoms with Crippen molar-refractivity contribution in [2.24, 2.45) is 0 Å². The van der Waals surface area contributed by atoms with E-state index >= 15 is 0 Å². The minimum Gasteiger partial charge on any atom is -0.208 e. The number of aromatic nitrogens is 3. The first-order valence-electron chi connectivity index (χ1n) is 10.7. The monoisotopic (exact) mass is 443 g/mol. The Bertz CT molecular complexity index is 1610. The van der Waals surface area contributed by atoms with Crippen LogP contribution in [0.3, 0.4) is 0 Å². The molecule has 6 rings (SSSR count). The molecule has 156 valence electrons. The average Bonchev–Trinajstić information content (AvgIpc) is 2.88. The minimum atomic E-state index is 0.181. The standard InChI is InChI=1S/C29H18ClN3/c30-29-32-27(22-13-10-20(11-14-22)19-6-2-1-3-7-19)31-28(33-29)24-16-17-26-23(18-24)15-12-21-8-4-5-9-25(21)26/h1-18H. The van der Waals surface area contributed by atoms with Gasteiger partial charge in [0.15, 0.2) is 11.6 Å². The molecule has 0 fully saturated rings. The largest absolute Gasteiger partial charge is 0.226 e. The molecule has 0 aliphatic carbocycles. The molecule has 0 aliphatic rings. The lowest BCUT2D eigenvalue weighted by molar-refractivity contribution is 1.07. The number of nitrogens with zero attached hydrogens (tertiary/aromatic N) is 3. The number of fused-ring (bicyclic) bond motifs is 3. The van der Waals surface area contributed by atoms with Crippen LogP contribution in [0.15, 0.2) is 109 Å². The van der Waals surface area contributed by atoms with E-state index in [0.717, 1.165) is 22.1 Å². The second kappa shape index (κ2) is 8.12. The van der Waals surface area contributed by atoms with Gasteiger partial charge in [-0.3, -0.25) is 0 Å². The zero-order valence-electron chi connectivity index (χ0n) is 17.6. The Morgan fingerprint density at radius 3 is 1.82 bits per heavy atom. The Balaban J connectivity index is 1.40. The summed E-state index contributed by atoms with van der Waals surface area (Å²) in [5, 5.41) is 4.97. The summed E-state index contributed by atoms with van der Waals surface area (Å²) in [5.74, 6) is 1.12. The Morgan fingerprint density at radius 1 is 0.424 bits per heavy atom. The quantitative estimate of drug-likeness (QED) is 0.261. The molecular weight excluding hydrogens is 426 g/mol. The van der Waals surface area contributed by atoms with Crippen LogP contribution in [0.2, 0.25) is 5.28 Å². The fourth-order valence-corrected chi connectivity index (χ4v) is 4.36. The minimum absolute atomic E-state index is 0.181. The van der Waals surface area contributed by atoms with Crippen molar-refractivity contribution in [3.8, 4) is 33.9 Å². The maximum Gasteiger partial charge on any atom is 0.226 e. The Kier molecular flexibility index (Phi) is 4.82. The van der Waals surface area contributed by atoms with Crippen molar-refractivity contribution in [2.75, 3.05) is 0 Å². The SMILES string of the molecule is Clc1nc(-c2ccc(-c3ccccc3)cc2)nc(-c2ccc3c(ccc4ccccc43)c2)n1. The maximum absolute atomic E-state index is 6.31. The summed E-state index contributed by atoms with van der Waals surface area (Å²) in [7, 11) is 0. The summed E-state index contributed by atoms with van der Waals surface area (Å²) in [4.78, 5) is 13.5. The molecule has 0 aliphatic heterocycles. The molecule has 0 spiro atoms. The highest BCUT2D eigenvalue weighted by molar-refractivity contribution is 6.28. The van der Waals surface area contributed by atoms with E-state index in [-0.39, 0.29) is 5.28 Å². The van der Waals surface area contributed by atoms with E-state index in [4.69, 9.17) is 16.6 Å². The molecule has 6 aromatic rings. The molecule has 0 saturated carbocycles. The molecular formula is C29H18ClN3. The van der Waals surface area contributed by atoms with Gasteiger partial charge in [-0.2, -0.15) is 9.97 Å². The molecule has 1 heterocycles. The van der Waals surface area contributed by atoms with E-state index in [9.17, 15) is 0 Å². The highest BCUT2D eigenvalue weighted by Crippen LogP contribution is 2.30. The van der Waals surface area contributed by atoms with Gasteiger partial charge in [-0.15, -0.1) is 0 Å². The Labute approximate surface area is 196 Å². The molecule has 0 unspecified atom stereocenters. The van der Waals surface area contributed by atoms with Gasteiger partial charge in [-0.05, 0) is 50.3 Å². The highest BCUT2D eigenvalue weighted by atomic mass is 35.5. The topological polar surface area (TPSA) is 38.7 Å². The second-order valence-corrected chi connectivity index (χ2v) is 8.26. The first kappa shape index (κ1) is 19.6. The van der Waals surface area contributed by atoms with E-state index in [1.807, 2.05) is 36.4 Å². The van der Waals surface area contributed by atoms with Crippen LogP contribution in [0.4, 0.5) is 0 Å². The smallest absolute Gasteiger partial charge is 0.208 e. The molecule has 3 nitrogen and oxygen atoms in total. The van der Waals surface area contributed by atoms with Crippen LogP contribution in [0.25, 0.3) is 55.4 Å². The van der Waals surface area contributed by atoms with Crippen LogP contribution in [-0.2, 0) is 0 Å². The summed E-state index contributed by atoms with van der Waals surface area (Å²) in [6.45, 7) is 0. The van der Waals surface area contributed by atoms with Gasteiger partial charge < -0.3 is 0 Å². The molecule has 1 aromatic heterocycles. The van der Waals surface area contributed by atoms with Gasteiger partial charge in [-0.1, -0.05) is 103 Å². The lowest BCUT2D eigenvalue weighted by atomic mass is 10.00. The van der Waals surface area contributed by atoms with Crippen LogP contribution in [0, 0.1) is 0 Å². The van der Waals surface area contributed by atoms with Crippen LogP contribution < -0.4 is 0 Å². The third-order valence-corrected chi connectivity index (χ3v) is 6.03. The predicted molar refractivity (Wildman–Crippen MR) is 136 cm³/mol. The van der Waals surface area contributed by atoms with Crippen LogP contribution in [-0.4, -0.2) is 15.0 Å². The van der Waals surface area contributed by atoms with Gasteiger partial charge in [0, 0.05) is 11.1 Å². The van der Waals surface area contributed by atoms with Crippen LogP contribution in [0.5, 0.6) is 0 Å². The molecule has 0 bridgehead atoms. The zero-order chi connectivity index (χ0) is 22.2. The molecule has 0 N–H and O–H groups in total. The number of halogens is 1. The predicted octanol–water partition coefficient (Wildman–Crippen LogP) is 7.83. The van der Waals surface area contributed by atoms with Crippen molar-refractivity contribution in [2.45, 2.75) is 0 Å². The number of rotatable bonds is 3. The number of hydrogen-bond acceptors (Lipinski definition) is 3. The lowest BCUT2D eigenvalue weighted by Gasteiger charge is -2.08. The van der Waals surface area contributed by atoms with E-state index < -0.39 is 0 Å². The Hall–Kier alpha value is -4.08. The molecule has 33 heavy (non-hydrogen) atoms. The summed E-state index contributed by atoms with van der Waals surface area (Å²) < 4.78 is 0. The summed E-state index contributed by atoms with van der Waals surface area (Å²) in [6, 6.07) is 37.4. The highest BCUT2D eigenvalue weighted by Gasteiger charge is 2.11. The van der Waals surface area contributed by atoms with Gasteiger partial charge in [0.25, 0.3) is 0 Å². The number of benzene rings is 5. The van der Waals surface area contributed by atoms with Crippen LogP contribution >= 0.6 is 11.6 Å². The lowest BCUT2D eigenvalue weighted by Crippen LogP contribution is -1.97. The van der Waals surface area contributed by atoms with Crippen molar-refractivity contribution in [3.63, 3.8) is 0 Å².